The summed E-state index contributed by atoms with van der Waals surface area (Å²) in [5.41, 5.74) is 9.65. The van der Waals surface area contributed by atoms with Crippen molar-refractivity contribution in [2.45, 2.75) is 13.8 Å². The summed E-state index contributed by atoms with van der Waals surface area (Å²) in [6, 6.07) is 32.1. The van der Waals surface area contributed by atoms with Crippen LogP contribution >= 0.6 is 0 Å². The van der Waals surface area contributed by atoms with Crippen LogP contribution in [0.15, 0.2) is 104 Å². The molecule has 0 radical (unpaired) electrons. The molecule has 5 aromatic heterocycles. The van der Waals surface area contributed by atoms with E-state index in [1.54, 1.807) is 6.20 Å². The standard InChI is InChI=1S/C37H23N5O.Pt/c1-22-5-3-6-23(2)34(22)24-8-13-32-29(19-24)27-11-9-25(20-30(27)36-39-15-17-41(32)36)43-26-10-12-28-31(21-26)37-40-16-18-42(37)33-7-4-14-38-35(28)33;/h3-19H,1-2H3;/q-2;+2. The Hall–Kier alpha value is -5.06. The Morgan fingerprint density at radius 1 is 0.614 bits per heavy atom. The summed E-state index contributed by atoms with van der Waals surface area (Å²) in [5.74, 6) is 1.18. The number of fused-ring (bicyclic) bond motifs is 12. The van der Waals surface area contributed by atoms with Crippen molar-refractivity contribution in [3.8, 4) is 22.6 Å². The van der Waals surface area contributed by atoms with Crippen LogP contribution in [-0.2, 0) is 21.1 Å². The van der Waals surface area contributed by atoms with Crippen LogP contribution in [0.4, 0.5) is 0 Å². The molecule has 0 saturated heterocycles. The van der Waals surface area contributed by atoms with Crippen LogP contribution in [0, 0.1) is 26.0 Å². The Labute approximate surface area is 266 Å². The van der Waals surface area contributed by atoms with E-state index in [2.05, 4.69) is 88.9 Å². The van der Waals surface area contributed by atoms with Crippen LogP contribution in [0.3, 0.4) is 0 Å². The number of nitrogens with zero attached hydrogens (tertiary/aromatic N) is 5. The molecule has 0 N–H and O–H groups in total. The normalized spacial score (nSPS) is 11.7. The van der Waals surface area contributed by atoms with E-state index < -0.39 is 0 Å². The van der Waals surface area contributed by atoms with Gasteiger partial charge in [0.1, 0.15) is 0 Å². The van der Waals surface area contributed by atoms with Gasteiger partial charge < -0.3 is 13.5 Å². The molecule has 0 atom stereocenters. The van der Waals surface area contributed by atoms with Gasteiger partial charge in [0.15, 0.2) is 0 Å². The molecule has 0 aliphatic rings. The average Bonchev–Trinajstić information content (AvgIpc) is 3.72. The average molecular weight is 749 g/mol. The van der Waals surface area contributed by atoms with Gasteiger partial charge in [0.05, 0.1) is 22.3 Å². The summed E-state index contributed by atoms with van der Waals surface area (Å²) < 4.78 is 10.6. The number of hydrogen-bond acceptors (Lipinski definition) is 4. The smallest absolute Gasteiger partial charge is 0.497 e. The molecule has 0 fully saturated rings. The predicted octanol–water partition coefficient (Wildman–Crippen LogP) is 8.66. The maximum absolute atomic E-state index is 6.39. The monoisotopic (exact) mass is 748 g/mol. The Bertz CT molecular complexity index is 2560. The summed E-state index contributed by atoms with van der Waals surface area (Å²) >= 11 is 0. The van der Waals surface area contributed by atoms with E-state index in [0.717, 1.165) is 54.8 Å². The summed E-state index contributed by atoms with van der Waals surface area (Å²) in [6.45, 7) is 4.34. The molecule has 212 valence electrons. The molecule has 9 rings (SSSR count). The Morgan fingerprint density at radius 2 is 1.27 bits per heavy atom. The van der Waals surface area contributed by atoms with Gasteiger partial charge in [-0.2, -0.15) is 0 Å². The molecule has 0 amide bonds. The number of ether oxygens (including phenoxy) is 1. The molecule has 0 aliphatic heterocycles. The molecule has 0 unspecified atom stereocenters. The fourth-order valence-corrected chi connectivity index (χ4v) is 6.51. The molecule has 4 aromatic carbocycles. The minimum absolute atomic E-state index is 0. The number of aromatic nitrogens is 5. The van der Waals surface area contributed by atoms with Gasteiger partial charge in [-0.25, -0.2) is 0 Å². The largest absolute Gasteiger partial charge is 2.00 e. The summed E-state index contributed by atoms with van der Waals surface area (Å²) in [4.78, 5) is 14.0. The third kappa shape index (κ3) is 3.88. The first-order valence-electron chi connectivity index (χ1n) is 14.2. The zero-order valence-electron chi connectivity index (χ0n) is 23.8. The molecule has 0 spiro atoms. The molecule has 9 aromatic rings. The first-order chi connectivity index (χ1) is 21.1. The second kappa shape index (κ2) is 10.0. The van der Waals surface area contributed by atoms with Crippen LogP contribution in [-0.4, -0.2) is 23.8 Å². The van der Waals surface area contributed by atoms with Crippen LogP contribution in [0.2, 0.25) is 0 Å². The van der Waals surface area contributed by atoms with E-state index in [1.165, 1.54) is 22.3 Å². The first-order valence-corrected chi connectivity index (χ1v) is 14.2. The van der Waals surface area contributed by atoms with Crippen molar-refractivity contribution < 1.29 is 25.8 Å². The van der Waals surface area contributed by atoms with E-state index in [9.17, 15) is 0 Å². The SMILES string of the molecule is Cc1cccc(C)c1-c1ccc2c(c1)c1ccc(Oc3[c-]c4c(cc3)c3ncccc3n3ccnc43)[c-]c1c1nccn21.[Pt+2]. The van der Waals surface area contributed by atoms with E-state index in [4.69, 9.17) is 9.72 Å². The van der Waals surface area contributed by atoms with Gasteiger partial charge in [0, 0.05) is 48.0 Å². The maximum atomic E-state index is 6.39. The van der Waals surface area contributed by atoms with E-state index in [1.807, 2.05) is 53.5 Å². The molecule has 7 heteroatoms. The zero-order valence-corrected chi connectivity index (χ0v) is 26.0. The topological polar surface area (TPSA) is 56.7 Å². The quantitative estimate of drug-likeness (QED) is 0.134. The van der Waals surface area contributed by atoms with Crippen LogP contribution in [0.1, 0.15) is 11.1 Å². The molecular formula is C37H23N5OPt. The van der Waals surface area contributed by atoms with E-state index in [0.29, 0.717) is 11.5 Å². The molecule has 0 saturated carbocycles. The van der Waals surface area contributed by atoms with Gasteiger partial charge in [-0.05, 0) is 59.7 Å². The van der Waals surface area contributed by atoms with Gasteiger partial charge in [-0.1, -0.05) is 76.1 Å². The molecule has 44 heavy (non-hydrogen) atoms. The first kappa shape index (κ1) is 26.6. The predicted molar refractivity (Wildman–Crippen MR) is 171 cm³/mol. The van der Waals surface area contributed by atoms with Crippen molar-refractivity contribution in [2.75, 3.05) is 0 Å². The Morgan fingerprint density at radius 3 is 2.00 bits per heavy atom. The summed E-state index contributed by atoms with van der Waals surface area (Å²) in [5, 5.41) is 4.96. The van der Waals surface area contributed by atoms with Crippen molar-refractivity contribution >= 4 is 54.8 Å². The number of aryl methyl sites for hydroxylation is 2. The van der Waals surface area contributed by atoms with Crippen LogP contribution < -0.4 is 4.74 Å². The van der Waals surface area contributed by atoms with Crippen molar-refractivity contribution in [2.24, 2.45) is 0 Å². The minimum atomic E-state index is 0. The number of benzene rings is 4. The summed E-state index contributed by atoms with van der Waals surface area (Å²) in [7, 11) is 0. The number of pyridine rings is 3. The fraction of sp³-hybridized carbons (Fsp3) is 0.0541. The molecular weight excluding hydrogens is 726 g/mol. The van der Waals surface area contributed by atoms with Gasteiger partial charge in [-0.3, -0.25) is 15.0 Å². The number of imidazole rings is 2. The van der Waals surface area contributed by atoms with Crippen molar-refractivity contribution in [1.82, 2.24) is 23.8 Å². The van der Waals surface area contributed by atoms with Gasteiger partial charge in [0.25, 0.3) is 0 Å². The van der Waals surface area contributed by atoms with Gasteiger partial charge in [-0.15, -0.1) is 12.1 Å². The zero-order chi connectivity index (χ0) is 28.7. The maximum Gasteiger partial charge on any atom is 2.00 e. The second-order valence-corrected chi connectivity index (χ2v) is 10.9. The van der Waals surface area contributed by atoms with Crippen LogP contribution in [0.5, 0.6) is 11.5 Å². The molecule has 0 aliphatic carbocycles. The molecule has 0 bridgehead atoms. The fourth-order valence-electron chi connectivity index (χ4n) is 6.51. The molecule has 5 heterocycles. The van der Waals surface area contributed by atoms with Crippen molar-refractivity contribution in [3.63, 3.8) is 0 Å². The van der Waals surface area contributed by atoms with Gasteiger partial charge >= 0.3 is 21.1 Å². The van der Waals surface area contributed by atoms with Crippen molar-refractivity contribution in [3.05, 3.63) is 127 Å². The second-order valence-electron chi connectivity index (χ2n) is 10.9. The third-order valence-electron chi connectivity index (χ3n) is 8.40. The summed E-state index contributed by atoms with van der Waals surface area (Å²) in [6.07, 6.45) is 9.39. The van der Waals surface area contributed by atoms with Crippen LogP contribution in [0.25, 0.3) is 65.9 Å². The number of rotatable bonds is 3. The van der Waals surface area contributed by atoms with Gasteiger partial charge in [0.2, 0.25) is 0 Å². The number of hydrogen-bond donors (Lipinski definition) is 0. The molecule has 6 nitrogen and oxygen atoms in total. The van der Waals surface area contributed by atoms with E-state index in [-0.39, 0.29) is 21.1 Å². The third-order valence-corrected chi connectivity index (χ3v) is 8.40. The van der Waals surface area contributed by atoms with Crippen molar-refractivity contribution in [1.29, 1.82) is 0 Å². The van der Waals surface area contributed by atoms with E-state index >= 15 is 0 Å². The minimum Gasteiger partial charge on any atom is -0.497 e. The Kier molecular flexibility index (Phi) is 6.04. The Balaban J connectivity index is 0.00000289.